The lowest BCUT2D eigenvalue weighted by atomic mass is 9.71. The molecule has 0 saturated carbocycles. The van der Waals surface area contributed by atoms with Crippen LogP contribution in [0, 0.1) is 41.5 Å². The summed E-state index contributed by atoms with van der Waals surface area (Å²) >= 11 is 0. The zero-order chi connectivity index (χ0) is 101. The Hall–Kier alpha value is -6.24. The maximum absolute atomic E-state index is 8.72. The fourth-order valence-electron chi connectivity index (χ4n) is 14.1. The fraction of sp³-hybridized carbons (Fsp3) is 0.547. The molecular formula is C106H164. The standard InChI is InChI=1S/2C17H28.2C13H20.2C12H18.2C11H16/c1-12(2)13-10-9-11-14(16(3,4)5)15(13)17(6,7)8;1-8-13(4)15-11-9-10-14(12(2)3)16(15)17(5,6)7;2*1-10(2)11-8-6-7-9-12(11)13(3,4)5;2*1-9-7-6-8-10(2)11(9)12(3,4)5;2*1-9-7-5-6-8-10(9)11(2,3)4/h9-12H,1-8H3;9-13H,8H2,1-7H3;2*6-10H,1-5H3;2*6-8H,1-5H3;2*5-8H,1-4H3/i12D;2D3,3D3,4D3,8D2,12D,13D;1D3,2D3,10D;10D;;;;. The van der Waals surface area contributed by atoms with E-state index in [1.54, 1.807) is 39.0 Å². The van der Waals surface area contributed by atoms with Crippen molar-refractivity contribution < 1.29 is 30.2 Å². The molecule has 0 heterocycles. The summed E-state index contributed by atoms with van der Waals surface area (Å²) in [4.78, 5) is 0. The first-order valence-electron chi connectivity index (χ1n) is 49.3. The van der Waals surface area contributed by atoms with Gasteiger partial charge in [-0.3, -0.25) is 0 Å². The third-order valence-electron chi connectivity index (χ3n) is 18.4. The number of hydrogen-bond acceptors (Lipinski definition) is 0. The summed E-state index contributed by atoms with van der Waals surface area (Å²) in [5.74, 6) is -9.66. The molecule has 0 radical (unpaired) electrons. The highest BCUT2D eigenvalue weighted by molar-refractivity contribution is 5.47. The molecule has 0 nitrogen and oxygen atoms in total. The van der Waals surface area contributed by atoms with Gasteiger partial charge < -0.3 is 0 Å². The molecule has 0 aliphatic heterocycles. The number of hydrogen-bond donors (Lipinski definition) is 0. The van der Waals surface area contributed by atoms with Crippen molar-refractivity contribution in [1.82, 2.24) is 0 Å². The van der Waals surface area contributed by atoms with Gasteiger partial charge in [-0.2, -0.15) is 0 Å². The second-order valence-corrected chi connectivity index (χ2v) is 38.3. The lowest BCUT2D eigenvalue weighted by Gasteiger charge is -2.33. The van der Waals surface area contributed by atoms with E-state index in [4.69, 9.17) is 30.2 Å². The van der Waals surface area contributed by atoms with Crippen molar-refractivity contribution in [3.8, 4) is 0 Å². The van der Waals surface area contributed by atoms with Crippen molar-refractivity contribution in [3.63, 3.8) is 0 Å². The molecule has 0 heteroatoms. The minimum Gasteiger partial charge on any atom is -0.0648 e. The Labute approximate surface area is 690 Å². The number of rotatable bonds is 6. The maximum atomic E-state index is 8.72. The molecular weight excluding hydrogens is 1270 g/mol. The van der Waals surface area contributed by atoms with Gasteiger partial charge in [0, 0.05) is 30.2 Å². The molecule has 0 N–H and O–H groups in total. The summed E-state index contributed by atoms with van der Waals surface area (Å²) in [6.07, 6.45) is -2.61. The van der Waals surface area contributed by atoms with Crippen LogP contribution in [0.5, 0.6) is 0 Å². The average molecular weight is 1460 g/mol. The minimum atomic E-state index is -3.31. The summed E-state index contributed by atoms with van der Waals surface area (Å²) in [6, 6.07) is 54.8. The molecule has 0 aliphatic rings. The smallest absolute Gasteiger partial charge is 0.0349 e. The first-order valence-corrected chi connectivity index (χ1v) is 38.3. The lowest BCUT2D eigenvalue weighted by molar-refractivity contribution is 0.521. The van der Waals surface area contributed by atoms with E-state index in [2.05, 4.69) is 308 Å². The van der Waals surface area contributed by atoms with E-state index in [1.165, 1.54) is 90.5 Å². The average Bonchev–Trinajstić information content (AvgIpc) is 0.705. The summed E-state index contributed by atoms with van der Waals surface area (Å²) in [6.45, 7) is 63.6. The molecule has 0 aromatic heterocycles. The Kier molecular flexibility index (Phi) is 25.4. The van der Waals surface area contributed by atoms with Crippen molar-refractivity contribution in [2.75, 3.05) is 0 Å². The van der Waals surface area contributed by atoms with E-state index in [0.29, 0.717) is 5.56 Å². The van der Waals surface area contributed by atoms with Crippen LogP contribution in [0.25, 0.3) is 0 Å². The largest absolute Gasteiger partial charge is 0.0648 e. The third-order valence-corrected chi connectivity index (χ3v) is 18.4. The Morgan fingerprint density at radius 3 is 0.708 bits per heavy atom. The quantitative estimate of drug-likeness (QED) is 0.156. The third kappa shape index (κ3) is 31.8. The molecule has 0 aliphatic carbocycles. The Morgan fingerprint density at radius 2 is 0.462 bits per heavy atom. The molecule has 0 spiro atoms. The Morgan fingerprint density at radius 1 is 0.236 bits per heavy atom. The molecule has 8 aromatic carbocycles. The van der Waals surface area contributed by atoms with Gasteiger partial charge in [0.15, 0.2) is 0 Å². The van der Waals surface area contributed by atoms with E-state index < -0.39 is 86.5 Å². The van der Waals surface area contributed by atoms with Gasteiger partial charge in [0.2, 0.25) is 0 Å². The van der Waals surface area contributed by atoms with Crippen molar-refractivity contribution in [1.29, 1.82) is 0 Å². The van der Waals surface area contributed by atoms with Crippen molar-refractivity contribution in [3.05, 3.63) is 281 Å². The van der Waals surface area contributed by atoms with Gasteiger partial charge in [-0.1, -0.05) is 426 Å². The van der Waals surface area contributed by atoms with Gasteiger partial charge in [-0.15, -0.1) is 0 Å². The van der Waals surface area contributed by atoms with E-state index in [1.807, 2.05) is 54.5 Å². The van der Waals surface area contributed by atoms with Crippen molar-refractivity contribution in [2.45, 2.75) is 382 Å². The Balaban J connectivity index is 0.000000751. The Bertz CT molecular complexity index is 4510. The fourth-order valence-corrected chi connectivity index (χ4v) is 14.1. The first-order chi connectivity index (χ1) is 56.5. The number of aryl methyl sites for hydroxylation is 6. The molecule has 1 unspecified atom stereocenters. The molecule has 8 aromatic rings. The SMILES string of the molecule is Cc1cccc(C)c1C(C)(C)C.Cc1cccc(C)c1C(C)(C)C.Cc1ccccc1C(C)(C)C.Cc1ccccc1C(C)(C)C.[2H]C(C)(C)c1cccc(C(C)(C)C)c1C(C)(C)C.[2H]C(C)(C)c1ccccc1C(C)(C)C.[2H]C([2H])([2H])C([2H])(c1cccc(C([2H])(C([2H])([2H])[2H])C([2H])([2H])C)c1C(C)(C)C)C([2H])([2H])[2H].[2H]C([2H])([2H])C([2H])(c1ccccc1C(C)(C)C)C([2H])([2H])[2H]. The van der Waals surface area contributed by atoms with Crippen LogP contribution in [0.2, 0.25) is 0 Å². The highest BCUT2D eigenvalue weighted by Gasteiger charge is 2.29. The predicted molar refractivity (Wildman–Crippen MR) is 483 cm³/mol. The molecule has 8 rings (SSSR count). The summed E-state index contributed by atoms with van der Waals surface area (Å²) in [5.41, 5.74) is 20.1. The predicted octanol–water partition coefficient (Wildman–Crippen LogP) is 33.0. The van der Waals surface area contributed by atoms with Gasteiger partial charge in [0.05, 0.1) is 0 Å². The van der Waals surface area contributed by atoms with Gasteiger partial charge in [-0.05, 0) is 237 Å². The topological polar surface area (TPSA) is 0 Å². The monoisotopic (exact) mass is 1460 g/mol. The molecule has 0 fully saturated rings. The molecule has 106 heavy (non-hydrogen) atoms. The van der Waals surface area contributed by atoms with E-state index in [9.17, 15) is 0 Å². The first kappa shape index (κ1) is 65.6. The molecule has 1 atom stereocenters. The summed E-state index contributed by atoms with van der Waals surface area (Å²) < 4.78 is 174. The minimum absolute atomic E-state index is 0.0486. The lowest BCUT2D eigenvalue weighted by Crippen LogP contribution is -2.24. The van der Waals surface area contributed by atoms with Crippen molar-refractivity contribution in [2.24, 2.45) is 0 Å². The van der Waals surface area contributed by atoms with Crippen LogP contribution >= 0.6 is 0 Å². The number of benzene rings is 8. The molecule has 588 valence electrons. The molecule has 0 bridgehead atoms. The highest BCUT2D eigenvalue weighted by Crippen LogP contribution is 2.41. The molecule has 0 saturated heterocycles. The summed E-state index contributed by atoms with van der Waals surface area (Å²) in [5, 5.41) is 0. The second-order valence-electron chi connectivity index (χ2n) is 38.3. The van der Waals surface area contributed by atoms with Crippen molar-refractivity contribution >= 4 is 0 Å². The van der Waals surface area contributed by atoms with Crippen LogP contribution in [0.3, 0.4) is 0 Å². The molecule has 0 amide bonds. The summed E-state index contributed by atoms with van der Waals surface area (Å²) in [7, 11) is 0. The van der Waals surface area contributed by atoms with Gasteiger partial charge in [0.1, 0.15) is 0 Å². The van der Waals surface area contributed by atoms with E-state index >= 15 is 0 Å². The van der Waals surface area contributed by atoms with E-state index in [0.717, 1.165) is 24.1 Å². The van der Waals surface area contributed by atoms with Crippen LogP contribution in [-0.2, 0) is 48.7 Å². The van der Waals surface area contributed by atoms with Gasteiger partial charge >= 0.3 is 0 Å². The zero-order valence-corrected chi connectivity index (χ0v) is 74.2. The van der Waals surface area contributed by atoms with Crippen LogP contribution in [-0.4, -0.2) is 0 Å². The van der Waals surface area contributed by atoms with E-state index in [-0.39, 0.29) is 54.6 Å². The van der Waals surface area contributed by atoms with Gasteiger partial charge in [-0.25, -0.2) is 0 Å². The van der Waals surface area contributed by atoms with Crippen LogP contribution in [0.1, 0.15) is 433 Å². The van der Waals surface area contributed by atoms with Crippen LogP contribution < -0.4 is 0 Å². The van der Waals surface area contributed by atoms with Crippen LogP contribution in [0.15, 0.2) is 170 Å². The van der Waals surface area contributed by atoms with Gasteiger partial charge in [0.25, 0.3) is 0 Å². The zero-order valence-electron chi connectivity index (χ0n) is 96.2. The van der Waals surface area contributed by atoms with Crippen LogP contribution in [0.4, 0.5) is 0 Å². The normalized spacial score (nSPS) is 16.9. The maximum Gasteiger partial charge on any atom is 0.0349 e. The second kappa shape index (κ2) is 41.0. The highest BCUT2D eigenvalue weighted by atomic mass is 14.3.